The number of H-pyrrole nitrogens is 1. The summed E-state index contributed by atoms with van der Waals surface area (Å²) >= 11 is 1.60. The molecule has 0 spiro atoms. The maximum absolute atomic E-state index is 12.1. The smallest absolute Gasteiger partial charge is 0.272 e. The van der Waals surface area contributed by atoms with Crippen molar-refractivity contribution >= 4 is 17.2 Å². The van der Waals surface area contributed by atoms with Crippen LogP contribution in [0.25, 0.3) is 10.6 Å². The lowest BCUT2D eigenvalue weighted by molar-refractivity contribution is 0.0946. The lowest BCUT2D eigenvalue weighted by Crippen LogP contribution is -2.23. The first-order valence-electron chi connectivity index (χ1n) is 6.76. The first-order valence-corrected chi connectivity index (χ1v) is 7.64. The van der Waals surface area contributed by atoms with Crippen LogP contribution < -0.4 is 10.1 Å². The van der Waals surface area contributed by atoms with Crippen molar-refractivity contribution in [2.45, 2.75) is 6.54 Å². The molecule has 0 radical (unpaired) electrons. The van der Waals surface area contributed by atoms with Gasteiger partial charge in [0, 0.05) is 6.54 Å². The van der Waals surface area contributed by atoms with Gasteiger partial charge in [-0.1, -0.05) is 18.2 Å². The van der Waals surface area contributed by atoms with Gasteiger partial charge < -0.3 is 10.1 Å². The fraction of sp³-hybridized carbons (Fsp3) is 0.125. The second-order valence-corrected chi connectivity index (χ2v) is 5.62. The highest BCUT2D eigenvalue weighted by Crippen LogP contribution is 2.22. The van der Waals surface area contributed by atoms with E-state index in [4.69, 9.17) is 4.74 Å². The van der Waals surface area contributed by atoms with Crippen LogP contribution in [-0.2, 0) is 6.54 Å². The van der Waals surface area contributed by atoms with Crippen molar-refractivity contribution in [3.05, 3.63) is 59.1 Å². The zero-order chi connectivity index (χ0) is 15.4. The van der Waals surface area contributed by atoms with Crippen molar-refractivity contribution in [1.29, 1.82) is 0 Å². The number of hydrogen-bond acceptors (Lipinski definition) is 4. The Balaban J connectivity index is 1.62. The van der Waals surface area contributed by atoms with Gasteiger partial charge in [-0.05, 0) is 35.2 Å². The van der Waals surface area contributed by atoms with E-state index in [0.717, 1.165) is 21.9 Å². The molecule has 0 saturated carbocycles. The molecule has 2 heterocycles. The van der Waals surface area contributed by atoms with E-state index in [9.17, 15) is 4.79 Å². The molecule has 5 nitrogen and oxygen atoms in total. The molecule has 3 aromatic rings. The number of carbonyl (C=O) groups excluding carboxylic acids is 1. The van der Waals surface area contributed by atoms with Crippen LogP contribution in [0.4, 0.5) is 0 Å². The minimum Gasteiger partial charge on any atom is -0.497 e. The number of nitrogens with zero attached hydrogens (tertiary/aromatic N) is 1. The van der Waals surface area contributed by atoms with E-state index in [-0.39, 0.29) is 5.91 Å². The van der Waals surface area contributed by atoms with Gasteiger partial charge in [-0.15, -0.1) is 11.3 Å². The van der Waals surface area contributed by atoms with Crippen molar-refractivity contribution in [3.63, 3.8) is 0 Å². The summed E-state index contributed by atoms with van der Waals surface area (Å²) in [4.78, 5) is 13.2. The van der Waals surface area contributed by atoms with E-state index in [1.165, 1.54) is 0 Å². The maximum Gasteiger partial charge on any atom is 0.272 e. The van der Waals surface area contributed by atoms with E-state index >= 15 is 0 Å². The lowest BCUT2D eigenvalue weighted by Gasteiger charge is -2.04. The van der Waals surface area contributed by atoms with Gasteiger partial charge in [0.2, 0.25) is 0 Å². The predicted molar refractivity (Wildman–Crippen MR) is 86.1 cm³/mol. The van der Waals surface area contributed by atoms with Crippen molar-refractivity contribution < 1.29 is 9.53 Å². The van der Waals surface area contributed by atoms with Crippen LogP contribution >= 0.6 is 11.3 Å². The van der Waals surface area contributed by atoms with E-state index in [0.29, 0.717) is 12.2 Å². The molecule has 0 fully saturated rings. The number of aromatic amines is 1. The predicted octanol–water partition coefficient (Wildman–Crippen LogP) is 3.08. The first kappa shape index (κ1) is 14.3. The van der Waals surface area contributed by atoms with Gasteiger partial charge in [-0.25, -0.2) is 0 Å². The van der Waals surface area contributed by atoms with E-state index in [1.807, 2.05) is 41.8 Å². The van der Waals surface area contributed by atoms with Crippen LogP contribution in [0.1, 0.15) is 16.1 Å². The summed E-state index contributed by atoms with van der Waals surface area (Å²) in [6.07, 6.45) is 0. The van der Waals surface area contributed by atoms with Crippen LogP contribution in [0, 0.1) is 0 Å². The Bertz CT molecular complexity index is 748. The zero-order valence-corrected chi connectivity index (χ0v) is 12.8. The van der Waals surface area contributed by atoms with Crippen LogP contribution in [0.2, 0.25) is 0 Å². The number of hydrogen-bond donors (Lipinski definition) is 2. The maximum atomic E-state index is 12.1. The van der Waals surface area contributed by atoms with Gasteiger partial charge in [0.15, 0.2) is 5.69 Å². The monoisotopic (exact) mass is 313 g/mol. The number of amides is 1. The van der Waals surface area contributed by atoms with Crippen molar-refractivity contribution in [1.82, 2.24) is 15.5 Å². The molecule has 0 aliphatic heterocycles. The summed E-state index contributed by atoms with van der Waals surface area (Å²) in [7, 11) is 1.62. The van der Waals surface area contributed by atoms with Crippen LogP contribution in [0.3, 0.4) is 0 Å². The molecule has 2 N–H and O–H groups in total. The van der Waals surface area contributed by atoms with Crippen LogP contribution in [-0.4, -0.2) is 23.2 Å². The summed E-state index contributed by atoms with van der Waals surface area (Å²) in [5.41, 5.74) is 2.24. The van der Waals surface area contributed by atoms with E-state index in [2.05, 4.69) is 15.5 Å². The Morgan fingerprint density at radius 3 is 2.82 bits per heavy atom. The number of rotatable bonds is 5. The third-order valence-corrected chi connectivity index (χ3v) is 4.11. The normalized spacial score (nSPS) is 10.4. The average molecular weight is 313 g/mol. The quantitative estimate of drug-likeness (QED) is 0.760. The molecule has 0 aliphatic carbocycles. The Morgan fingerprint density at radius 1 is 1.32 bits per heavy atom. The molecule has 22 heavy (non-hydrogen) atoms. The van der Waals surface area contributed by atoms with Gasteiger partial charge >= 0.3 is 0 Å². The number of carbonyl (C=O) groups is 1. The molecular weight excluding hydrogens is 298 g/mol. The first-order chi connectivity index (χ1) is 10.8. The number of methoxy groups -OCH3 is 1. The van der Waals surface area contributed by atoms with E-state index < -0.39 is 0 Å². The van der Waals surface area contributed by atoms with Crippen molar-refractivity contribution in [2.75, 3.05) is 7.11 Å². The Hall–Kier alpha value is -2.60. The van der Waals surface area contributed by atoms with Gasteiger partial charge in [-0.2, -0.15) is 5.10 Å². The highest BCUT2D eigenvalue weighted by Gasteiger charge is 2.11. The summed E-state index contributed by atoms with van der Waals surface area (Å²) in [6, 6.07) is 13.3. The molecule has 0 bridgehead atoms. The summed E-state index contributed by atoms with van der Waals surface area (Å²) in [5.74, 6) is 0.595. The van der Waals surface area contributed by atoms with Gasteiger partial charge in [-0.3, -0.25) is 9.89 Å². The Morgan fingerprint density at radius 2 is 2.14 bits per heavy atom. The topological polar surface area (TPSA) is 67.0 Å². The molecule has 0 atom stereocenters. The highest BCUT2D eigenvalue weighted by atomic mass is 32.1. The Labute approximate surface area is 132 Å². The van der Waals surface area contributed by atoms with Crippen LogP contribution in [0.15, 0.2) is 47.8 Å². The second kappa shape index (κ2) is 6.44. The largest absolute Gasteiger partial charge is 0.497 e. The molecule has 3 rings (SSSR count). The molecule has 0 saturated heterocycles. The lowest BCUT2D eigenvalue weighted by atomic mass is 10.2. The third kappa shape index (κ3) is 3.17. The van der Waals surface area contributed by atoms with E-state index in [1.54, 1.807) is 24.5 Å². The highest BCUT2D eigenvalue weighted by molar-refractivity contribution is 7.13. The molecule has 0 aliphatic rings. The average Bonchev–Trinajstić information content (AvgIpc) is 3.23. The third-order valence-electron chi connectivity index (χ3n) is 3.21. The second-order valence-electron chi connectivity index (χ2n) is 4.67. The molecular formula is C16H15N3O2S. The number of nitrogens with one attached hydrogen (secondary N) is 2. The fourth-order valence-electron chi connectivity index (χ4n) is 2.01. The number of benzene rings is 1. The Kier molecular flexibility index (Phi) is 4.20. The number of ether oxygens (including phenoxy) is 1. The summed E-state index contributed by atoms with van der Waals surface area (Å²) in [6.45, 7) is 0.448. The fourth-order valence-corrected chi connectivity index (χ4v) is 2.70. The zero-order valence-electron chi connectivity index (χ0n) is 12.0. The molecule has 0 unspecified atom stereocenters. The molecule has 1 amide bonds. The van der Waals surface area contributed by atoms with Crippen LogP contribution in [0.5, 0.6) is 5.75 Å². The van der Waals surface area contributed by atoms with Crippen molar-refractivity contribution in [3.8, 4) is 16.3 Å². The molecule has 6 heteroatoms. The molecule has 112 valence electrons. The van der Waals surface area contributed by atoms with Gasteiger partial charge in [0.05, 0.1) is 17.7 Å². The summed E-state index contributed by atoms with van der Waals surface area (Å²) in [5, 5.41) is 11.8. The number of aromatic nitrogens is 2. The van der Waals surface area contributed by atoms with Gasteiger partial charge in [0.25, 0.3) is 5.91 Å². The molecule has 1 aromatic carbocycles. The standard InChI is InChI=1S/C16H15N3O2S/c1-21-12-6-4-11(5-7-12)10-17-16(20)14-9-13(18-19-14)15-3-2-8-22-15/h2-9H,10H2,1H3,(H,17,20)(H,18,19). The molecule has 2 aromatic heterocycles. The minimum atomic E-state index is -0.199. The number of thiophene rings is 1. The van der Waals surface area contributed by atoms with Crippen molar-refractivity contribution in [2.24, 2.45) is 0 Å². The summed E-state index contributed by atoms with van der Waals surface area (Å²) < 4.78 is 5.10. The van der Waals surface area contributed by atoms with Gasteiger partial charge in [0.1, 0.15) is 5.75 Å². The minimum absolute atomic E-state index is 0.199. The SMILES string of the molecule is COc1ccc(CNC(=O)c2cc(-c3cccs3)[nH]n2)cc1.